The van der Waals surface area contributed by atoms with Crippen molar-refractivity contribution < 1.29 is 0 Å². The summed E-state index contributed by atoms with van der Waals surface area (Å²) >= 11 is 0. The highest BCUT2D eigenvalue weighted by Crippen LogP contribution is 2.35. The van der Waals surface area contributed by atoms with E-state index in [-0.39, 0.29) is 0 Å². The summed E-state index contributed by atoms with van der Waals surface area (Å²) in [5, 5.41) is 0. The van der Waals surface area contributed by atoms with Gasteiger partial charge in [-0.05, 0) is 29.6 Å². The molecule has 4 unspecified atom stereocenters. The summed E-state index contributed by atoms with van der Waals surface area (Å²) in [4.78, 5) is 0. The molecule has 0 rings (SSSR count). The first-order valence-electron chi connectivity index (χ1n) is 6.82. The van der Waals surface area contributed by atoms with E-state index < -0.39 is 0 Å². The fraction of sp³-hybridized carbons (Fsp3) is 1.00. The van der Waals surface area contributed by atoms with Gasteiger partial charge < -0.3 is 0 Å². The smallest absolute Gasteiger partial charge is 0.0697 e. The summed E-state index contributed by atoms with van der Waals surface area (Å²) < 4.78 is 0. The van der Waals surface area contributed by atoms with Crippen LogP contribution in [0.5, 0.6) is 0 Å². The molecule has 0 saturated heterocycles. The molecule has 0 aromatic carbocycles. The van der Waals surface area contributed by atoms with Crippen LogP contribution in [-0.2, 0) is 0 Å². The average Bonchev–Trinajstić information content (AvgIpc) is 2.23. The maximum atomic E-state index is 2.44. The van der Waals surface area contributed by atoms with Crippen LogP contribution in [0.2, 0.25) is 5.82 Å². The molecule has 0 amide bonds. The van der Waals surface area contributed by atoms with Crippen LogP contribution in [-0.4, -0.2) is 7.85 Å². The van der Waals surface area contributed by atoms with Crippen molar-refractivity contribution in [1.29, 1.82) is 0 Å². The summed E-state index contributed by atoms with van der Waals surface area (Å²) in [6.07, 6.45) is 1.31. The summed E-state index contributed by atoms with van der Waals surface area (Å²) in [7, 11) is 2.35. The number of rotatable bonds is 6. The Hall–Kier alpha value is 0.0649. The molecule has 0 N–H and O–H groups in total. The Kier molecular flexibility index (Phi) is 6.63. The first-order valence-corrected chi connectivity index (χ1v) is 6.82. The molecule has 0 fully saturated rings. The van der Waals surface area contributed by atoms with Gasteiger partial charge in [0, 0.05) is 0 Å². The predicted molar refractivity (Wildman–Crippen MR) is 74.1 cm³/mol. The molecule has 0 nitrogen and oxygen atoms in total. The first-order chi connectivity index (χ1) is 6.82. The van der Waals surface area contributed by atoms with Crippen LogP contribution in [0, 0.1) is 29.6 Å². The van der Waals surface area contributed by atoms with E-state index in [1.54, 1.807) is 0 Å². The molecule has 0 saturated carbocycles. The molecule has 0 bridgehead atoms. The third kappa shape index (κ3) is 4.21. The molecule has 0 aromatic heterocycles. The van der Waals surface area contributed by atoms with E-state index in [4.69, 9.17) is 0 Å². The van der Waals surface area contributed by atoms with E-state index in [0.717, 1.165) is 35.4 Å². The fourth-order valence-corrected chi connectivity index (χ4v) is 2.45. The second kappa shape index (κ2) is 6.61. The van der Waals surface area contributed by atoms with Crippen LogP contribution in [0.1, 0.15) is 54.9 Å². The van der Waals surface area contributed by atoms with E-state index in [2.05, 4.69) is 56.3 Å². The Morgan fingerprint density at radius 1 is 0.733 bits per heavy atom. The van der Waals surface area contributed by atoms with Crippen LogP contribution < -0.4 is 0 Å². The largest absolute Gasteiger partial charge is 0.105 e. The molecule has 0 aliphatic heterocycles. The lowest BCUT2D eigenvalue weighted by molar-refractivity contribution is 0.164. The highest BCUT2D eigenvalue weighted by molar-refractivity contribution is 6.11. The van der Waals surface area contributed by atoms with Crippen LogP contribution in [0.15, 0.2) is 0 Å². The van der Waals surface area contributed by atoms with Crippen LogP contribution >= 0.6 is 0 Å². The molecule has 0 aromatic rings. The van der Waals surface area contributed by atoms with Gasteiger partial charge in [0.1, 0.15) is 7.85 Å². The quantitative estimate of drug-likeness (QED) is 0.581. The molecule has 0 spiro atoms. The third-order valence-electron chi connectivity index (χ3n) is 5.08. The highest BCUT2D eigenvalue weighted by atomic mass is 14.3. The minimum Gasteiger partial charge on any atom is -0.0697 e. The first kappa shape index (κ1) is 15.1. The Labute approximate surface area is 98.6 Å². The van der Waals surface area contributed by atoms with E-state index in [0.29, 0.717) is 0 Å². The van der Waals surface area contributed by atoms with Gasteiger partial charge in [-0.25, -0.2) is 0 Å². The standard InChI is InChI=1S/C14H31B/c1-8-9(2)10(3)11(4)12(5)13(6)14(7)15/h9-14H,8,15H2,1-7H3/t9?,10-,11?,12?,13?,14+/m0/s1. The molecule has 6 atom stereocenters. The van der Waals surface area contributed by atoms with Crippen molar-refractivity contribution >= 4 is 7.85 Å². The summed E-state index contributed by atoms with van der Waals surface area (Å²) in [5.41, 5.74) is 0. The van der Waals surface area contributed by atoms with Crippen LogP contribution in [0.3, 0.4) is 0 Å². The monoisotopic (exact) mass is 210 g/mol. The van der Waals surface area contributed by atoms with Gasteiger partial charge in [-0.3, -0.25) is 0 Å². The minimum atomic E-state index is 0.812. The normalized spacial score (nSPS) is 23.9. The van der Waals surface area contributed by atoms with Gasteiger partial charge in [-0.15, -0.1) is 0 Å². The van der Waals surface area contributed by atoms with Crippen molar-refractivity contribution in [3.05, 3.63) is 0 Å². The number of hydrogen-bond acceptors (Lipinski definition) is 0. The molecule has 90 valence electrons. The Bertz CT molecular complexity index is 165. The predicted octanol–water partition coefficient (Wildman–Crippen LogP) is 4.02. The zero-order valence-corrected chi connectivity index (χ0v) is 12.2. The average molecular weight is 210 g/mol. The molecule has 0 heterocycles. The van der Waals surface area contributed by atoms with Crippen molar-refractivity contribution in [3.8, 4) is 0 Å². The zero-order valence-electron chi connectivity index (χ0n) is 12.2. The molecular formula is C14H31B. The number of hydrogen-bond donors (Lipinski definition) is 0. The third-order valence-corrected chi connectivity index (χ3v) is 5.08. The maximum Gasteiger partial charge on any atom is 0.105 e. The lowest BCUT2D eigenvalue weighted by Crippen LogP contribution is -2.27. The molecule has 0 aliphatic carbocycles. The molecule has 1 heteroatoms. The van der Waals surface area contributed by atoms with Gasteiger partial charge >= 0.3 is 0 Å². The van der Waals surface area contributed by atoms with Crippen LogP contribution in [0.25, 0.3) is 0 Å². The van der Waals surface area contributed by atoms with Crippen molar-refractivity contribution in [2.45, 2.75) is 60.7 Å². The second-order valence-electron chi connectivity index (χ2n) is 6.07. The summed E-state index contributed by atoms with van der Waals surface area (Å²) in [5.74, 6) is 5.05. The van der Waals surface area contributed by atoms with Crippen molar-refractivity contribution in [1.82, 2.24) is 0 Å². The minimum absolute atomic E-state index is 0.812. The lowest BCUT2D eigenvalue weighted by Gasteiger charge is -2.35. The van der Waals surface area contributed by atoms with Gasteiger partial charge in [0.15, 0.2) is 0 Å². The maximum absolute atomic E-state index is 2.44. The highest BCUT2D eigenvalue weighted by Gasteiger charge is 2.27. The second-order valence-corrected chi connectivity index (χ2v) is 6.07. The van der Waals surface area contributed by atoms with Gasteiger partial charge in [0.05, 0.1) is 0 Å². The van der Waals surface area contributed by atoms with Gasteiger partial charge in [-0.1, -0.05) is 60.7 Å². The van der Waals surface area contributed by atoms with Gasteiger partial charge in [0.2, 0.25) is 0 Å². The Balaban J connectivity index is 4.36. The summed E-state index contributed by atoms with van der Waals surface area (Å²) in [6, 6.07) is 0. The zero-order chi connectivity index (χ0) is 12.2. The molecule has 0 radical (unpaired) electrons. The SMILES string of the molecule is B[C@H](C)C(C)C(C)C(C)[C@@H](C)C(C)CC. The van der Waals surface area contributed by atoms with Gasteiger partial charge in [-0.2, -0.15) is 0 Å². The van der Waals surface area contributed by atoms with E-state index in [1.807, 2.05) is 0 Å². The van der Waals surface area contributed by atoms with E-state index in [9.17, 15) is 0 Å². The molecule has 0 aliphatic rings. The Morgan fingerprint density at radius 3 is 1.47 bits per heavy atom. The molecular weight excluding hydrogens is 179 g/mol. The lowest BCUT2D eigenvalue weighted by atomic mass is 9.66. The topological polar surface area (TPSA) is 0 Å². The van der Waals surface area contributed by atoms with Gasteiger partial charge in [0.25, 0.3) is 0 Å². The van der Waals surface area contributed by atoms with E-state index in [1.165, 1.54) is 6.42 Å². The summed E-state index contributed by atoms with van der Waals surface area (Å²) in [6.45, 7) is 16.8. The Morgan fingerprint density at radius 2 is 1.13 bits per heavy atom. The van der Waals surface area contributed by atoms with E-state index >= 15 is 0 Å². The van der Waals surface area contributed by atoms with Crippen molar-refractivity contribution in [2.24, 2.45) is 29.6 Å². The van der Waals surface area contributed by atoms with Crippen LogP contribution in [0.4, 0.5) is 0 Å². The fourth-order valence-electron chi connectivity index (χ4n) is 2.45. The van der Waals surface area contributed by atoms with Crippen molar-refractivity contribution in [3.63, 3.8) is 0 Å². The van der Waals surface area contributed by atoms with Crippen molar-refractivity contribution in [2.75, 3.05) is 0 Å². The molecule has 15 heavy (non-hydrogen) atoms.